The molecule has 0 amide bonds. The molecule has 2 aliphatic heterocycles. The number of rotatable bonds is 2. The summed E-state index contributed by atoms with van der Waals surface area (Å²) in [5, 5.41) is 3.60. The summed E-state index contributed by atoms with van der Waals surface area (Å²) < 4.78 is 0. The molecule has 0 aromatic heterocycles. The second kappa shape index (κ2) is 6.11. The van der Waals surface area contributed by atoms with Crippen LogP contribution in [0, 0.1) is 5.92 Å². The maximum Gasteiger partial charge on any atom is 0.0252 e. The summed E-state index contributed by atoms with van der Waals surface area (Å²) in [4.78, 5) is 5.59. The Morgan fingerprint density at radius 1 is 0.947 bits per heavy atom. The van der Waals surface area contributed by atoms with Crippen LogP contribution in [0.4, 0.5) is 0 Å². The van der Waals surface area contributed by atoms with E-state index in [2.05, 4.69) is 29.1 Å². The molecule has 0 aromatic rings. The highest BCUT2D eigenvalue weighted by molar-refractivity contribution is 4.94. The summed E-state index contributed by atoms with van der Waals surface area (Å²) in [6, 6.07) is 2.37. The van der Waals surface area contributed by atoms with Gasteiger partial charge in [0, 0.05) is 24.7 Å². The fraction of sp³-hybridized carbons (Fsp3) is 1.00. The molecule has 1 N–H and O–H groups in total. The smallest absolute Gasteiger partial charge is 0.0252 e. The van der Waals surface area contributed by atoms with Crippen LogP contribution < -0.4 is 5.32 Å². The van der Waals surface area contributed by atoms with Crippen molar-refractivity contribution in [3.63, 3.8) is 0 Å². The van der Waals surface area contributed by atoms with Crippen LogP contribution >= 0.6 is 0 Å². The Bertz CT molecular complexity index is 294. The van der Waals surface area contributed by atoms with Gasteiger partial charge in [-0.25, -0.2) is 0 Å². The minimum Gasteiger partial charge on any atom is -0.315 e. The van der Waals surface area contributed by atoms with Gasteiger partial charge >= 0.3 is 0 Å². The Morgan fingerprint density at radius 2 is 1.74 bits per heavy atom. The zero-order valence-corrected chi connectivity index (χ0v) is 12.8. The molecule has 4 atom stereocenters. The fourth-order valence-corrected chi connectivity index (χ4v) is 4.63. The Kier molecular flexibility index (Phi) is 4.45. The van der Waals surface area contributed by atoms with Gasteiger partial charge in [0.2, 0.25) is 0 Å². The number of nitrogens with one attached hydrogen (secondary N) is 1. The van der Waals surface area contributed by atoms with E-state index in [0.29, 0.717) is 0 Å². The standard InChI is InChI=1S/C16H31N3/c1-13-6-7-15(17-2)16(11-13)19-10-4-9-18-8-3-5-14(18)12-19/h13-17H,3-12H2,1-2H3. The van der Waals surface area contributed by atoms with Gasteiger partial charge in [-0.3, -0.25) is 9.80 Å². The maximum absolute atomic E-state index is 3.60. The Morgan fingerprint density at radius 3 is 2.58 bits per heavy atom. The van der Waals surface area contributed by atoms with Crippen molar-refractivity contribution < 1.29 is 0 Å². The summed E-state index contributed by atoms with van der Waals surface area (Å²) >= 11 is 0. The molecule has 0 radical (unpaired) electrons. The third-order valence-corrected chi connectivity index (χ3v) is 5.75. The molecule has 0 aromatic carbocycles. The zero-order valence-electron chi connectivity index (χ0n) is 12.8. The highest BCUT2D eigenvalue weighted by atomic mass is 15.3. The number of likely N-dealkylation sites (N-methyl/N-ethyl adjacent to an activating group) is 1. The van der Waals surface area contributed by atoms with Crippen molar-refractivity contribution >= 4 is 0 Å². The van der Waals surface area contributed by atoms with Gasteiger partial charge in [0.05, 0.1) is 0 Å². The summed E-state index contributed by atoms with van der Waals surface area (Å²) in [6.07, 6.45) is 8.41. The lowest BCUT2D eigenvalue weighted by atomic mass is 9.82. The molecule has 1 saturated carbocycles. The zero-order chi connectivity index (χ0) is 13.2. The van der Waals surface area contributed by atoms with E-state index < -0.39 is 0 Å². The van der Waals surface area contributed by atoms with Gasteiger partial charge < -0.3 is 5.32 Å². The highest BCUT2D eigenvalue weighted by Crippen LogP contribution is 2.30. The van der Waals surface area contributed by atoms with Crippen molar-refractivity contribution in [1.29, 1.82) is 0 Å². The number of nitrogens with zero attached hydrogens (tertiary/aromatic N) is 2. The molecule has 0 spiro atoms. The van der Waals surface area contributed by atoms with E-state index in [-0.39, 0.29) is 0 Å². The molecule has 3 nitrogen and oxygen atoms in total. The molecule has 3 aliphatic rings. The predicted octanol–water partition coefficient (Wildman–Crippen LogP) is 1.93. The lowest BCUT2D eigenvalue weighted by Gasteiger charge is -2.42. The average molecular weight is 265 g/mol. The van der Waals surface area contributed by atoms with Crippen molar-refractivity contribution in [2.75, 3.05) is 33.2 Å². The second-order valence-electron chi connectivity index (χ2n) is 7.06. The van der Waals surface area contributed by atoms with Gasteiger partial charge in [-0.05, 0) is 71.1 Å². The van der Waals surface area contributed by atoms with E-state index in [1.54, 1.807) is 0 Å². The van der Waals surface area contributed by atoms with E-state index in [9.17, 15) is 0 Å². The summed E-state index contributed by atoms with van der Waals surface area (Å²) in [6.45, 7) is 7.79. The Labute approximate surface area is 118 Å². The first-order chi connectivity index (χ1) is 9.28. The predicted molar refractivity (Wildman–Crippen MR) is 80.4 cm³/mol. The van der Waals surface area contributed by atoms with Crippen molar-refractivity contribution in [2.45, 2.75) is 63.6 Å². The van der Waals surface area contributed by atoms with Crippen LogP contribution in [0.3, 0.4) is 0 Å². The first kappa shape index (κ1) is 13.8. The summed E-state index contributed by atoms with van der Waals surface area (Å²) in [5.74, 6) is 0.914. The minimum absolute atomic E-state index is 0.726. The third kappa shape index (κ3) is 2.98. The van der Waals surface area contributed by atoms with E-state index in [4.69, 9.17) is 0 Å². The van der Waals surface area contributed by atoms with E-state index >= 15 is 0 Å². The van der Waals surface area contributed by atoms with Crippen LogP contribution in [0.25, 0.3) is 0 Å². The molecule has 19 heavy (non-hydrogen) atoms. The molecule has 3 heteroatoms. The quantitative estimate of drug-likeness (QED) is 0.823. The van der Waals surface area contributed by atoms with Gasteiger partial charge in [-0.1, -0.05) is 6.92 Å². The first-order valence-corrected chi connectivity index (χ1v) is 8.43. The van der Waals surface area contributed by atoms with Crippen LogP contribution in [0.2, 0.25) is 0 Å². The summed E-state index contributed by atoms with van der Waals surface area (Å²) in [7, 11) is 2.16. The molecule has 3 rings (SSSR count). The number of hydrogen-bond donors (Lipinski definition) is 1. The lowest BCUT2D eigenvalue weighted by molar-refractivity contribution is 0.0961. The molecule has 2 saturated heterocycles. The van der Waals surface area contributed by atoms with Gasteiger partial charge in [0.25, 0.3) is 0 Å². The van der Waals surface area contributed by atoms with E-state index in [1.807, 2.05) is 0 Å². The van der Waals surface area contributed by atoms with Crippen LogP contribution in [0.15, 0.2) is 0 Å². The normalized spacial score (nSPS) is 42.0. The van der Waals surface area contributed by atoms with Crippen LogP contribution in [0.5, 0.6) is 0 Å². The molecular formula is C16H31N3. The van der Waals surface area contributed by atoms with Crippen molar-refractivity contribution in [3.8, 4) is 0 Å². The summed E-state index contributed by atoms with van der Waals surface area (Å²) in [5.41, 5.74) is 0. The molecule has 0 bridgehead atoms. The van der Waals surface area contributed by atoms with Gasteiger partial charge in [0.15, 0.2) is 0 Å². The van der Waals surface area contributed by atoms with Gasteiger partial charge in [-0.2, -0.15) is 0 Å². The van der Waals surface area contributed by atoms with Crippen molar-refractivity contribution in [1.82, 2.24) is 15.1 Å². The molecular weight excluding hydrogens is 234 g/mol. The van der Waals surface area contributed by atoms with E-state index in [0.717, 1.165) is 24.0 Å². The largest absolute Gasteiger partial charge is 0.315 e. The van der Waals surface area contributed by atoms with Crippen molar-refractivity contribution in [2.24, 2.45) is 5.92 Å². The van der Waals surface area contributed by atoms with Crippen LogP contribution in [-0.2, 0) is 0 Å². The number of hydrogen-bond acceptors (Lipinski definition) is 3. The van der Waals surface area contributed by atoms with Crippen LogP contribution in [-0.4, -0.2) is 61.2 Å². The lowest BCUT2D eigenvalue weighted by Crippen LogP contribution is -2.54. The third-order valence-electron chi connectivity index (χ3n) is 5.75. The molecule has 110 valence electrons. The molecule has 3 fully saturated rings. The Balaban J connectivity index is 1.68. The van der Waals surface area contributed by atoms with Gasteiger partial charge in [-0.15, -0.1) is 0 Å². The molecule has 4 unspecified atom stereocenters. The molecule has 2 heterocycles. The van der Waals surface area contributed by atoms with Crippen molar-refractivity contribution in [3.05, 3.63) is 0 Å². The van der Waals surface area contributed by atoms with E-state index in [1.165, 1.54) is 64.7 Å². The fourth-order valence-electron chi connectivity index (χ4n) is 4.63. The van der Waals surface area contributed by atoms with Gasteiger partial charge in [0.1, 0.15) is 0 Å². The number of fused-ring (bicyclic) bond motifs is 1. The molecule has 1 aliphatic carbocycles. The first-order valence-electron chi connectivity index (χ1n) is 8.43. The second-order valence-corrected chi connectivity index (χ2v) is 7.06. The topological polar surface area (TPSA) is 18.5 Å². The maximum atomic E-state index is 3.60. The SMILES string of the molecule is CNC1CCC(C)CC1N1CCCN2CCCC2C1. The Hall–Kier alpha value is -0.120. The average Bonchev–Trinajstić information content (AvgIpc) is 2.76. The monoisotopic (exact) mass is 265 g/mol. The van der Waals surface area contributed by atoms with Crippen LogP contribution in [0.1, 0.15) is 45.4 Å². The highest BCUT2D eigenvalue weighted by Gasteiger charge is 2.36. The minimum atomic E-state index is 0.726.